The third-order valence-corrected chi connectivity index (χ3v) is 2.10. The average molecular weight is 160 g/mol. The first-order chi connectivity index (χ1) is 4.34. The normalized spacial score (nSPS) is 21.2. The van der Waals surface area contributed by atoms with Crippen molar-refractivity contribution in [2.24, 2.45) is 11.7 Å². The van der Waals surface area contributed by atoms with E-state index in [2.05, 4.69) is 5.92 Å². The van der Waals surface area contributed by atoms with Gasteiger partial charge in [-0.15, -0.1) is 18.8 Å². The molecule has 0 radical (unpaired) electrons. The van der Waals surface area contributed by atoms with Crippen LogP contribution in [0.4, 0.5) is 0 Å². The number of nitrogens with two attached hydrogens (primary N) is 1. The van der Waals surface area contributed by atoms with Gasteiger partial charge in [-0.2, -0.15) is 0 Å². The van der Waals surface area contributed by atoms with Crippen LogP contribution in [0.3, 0.4) is 0 Å². The maximum absolute atomic E-state index is 5.64. The zero-order chi connectivity index (χ0) is 6.69. The van der Waals surface area contributed by atoms with Crippen molar-refractivity contribution in [2.45, 2.75) is 31.7 Å². The third kappa shape index (κ3) is 2.21. The van der Waals surface area contributed by atoms with Crippen molar-refractivity contribution in [1.29, 1.82) is 0 Å². The summed E-state index contributed by atoms with van der Waals surface area (Å²) in [5.41, 5.74) is 5.64. The highest BCUT2D eigenvalue weighted by molar-refractivity contribution is 5.85. The summed E-state index contributed by atoms with van der Waals surface area (Å²) in [5, 5.41) is 0. The van der Waals surface area contributed by atoms with Crippen LogP contribution in [0.25, 0.3) is 0 Å². The molecular formula is C8H14ClN. The van der Waals surface area contributed by atoms with E-state index in [0.29, 0.717) is 5.92 Å². The molecule has 0 spiro atoms. The number of terminal acetylenes is 1. The molecule has 1 nitrogen and oxygen atoms in total. The van der Waals surface area contributed by atoms with Crippen LogP contribution in [-0.2, 0) is 0 Å². The van der Waals surface area contributed by atoms with Gasteiger partial charge in [-0.1, -0.05) is 18.8 Å². The SMILES string of the molecule is C#CC(N)C1CCCC1.Cl. The molecular weight excluding hydrogens is 146 g/mol. The summed E-state index contributed by atoms with van der Waals surface area (Å²) in [4.78, 5) is 0. The largest absolute Gasteiger partial charge is 0.317 e. The number of halogens is 1. The van der Waals surface area contributed by atoms with Gasteiger partial charge in [0, 0.05) is 0 Å². The summed E-state index contributed by atoms with van der Waals surface area (Å²) in [5.74, 6) is 3.20. The van der Waals surface area contributed by atoms with Crippen molar-refractivity contribution in [2.75, 3.05) is 0 Å². The van der Waals surface area contributed by atoms with Crippen molar-refractivity contribution < 1.29 is 0 Å². The highest BCUT2D eigenvalue weighted by Gasteiger charge is 2.19. The van der Waals surface area contributed by atoms with Gasteiger partial charge in [-0.05, 0) is 18.8 Å². The van der Waals surface area contributed by atoms with Crippen molar-refractivity contribution in [3.05, 3.63) is 0 Å². The van der Waals surface area contributed by atoms with E-state index in [4.69, 9.17) is 12.2 Å². The summed E-state index contributed by atoms with van der Waals surface area (Å²) in [6.45, 7) is 0. The average Bonchev–Trinajstić information content (AvgIpc) is 2.37. The number of rotatable bonds is 1. The highest BCUT2D eigenvalue weighted by Crippen LogP contribution is 2.26. The molecule has 0 aromatic rings. The van der Waals surface area contributed by atoms with Crippen LogP contribution in [-0.4, -0.2) is 6.04 Å². The van der Waals surface area contributed by atoms with Gasteiger partial charge in [0.05, 0.1) is 6.04 Å². The molecule has 10 heavy (non-hydrogen) atoms. The Morgan fingerprint density at radius 2 is 1.90 bits per heavy atom. The molecule has 1 atom stereocenters. The Labute approximate surface area is 68.8 Å². The Bertz CT molecular complexity index is 122. The Kier molecular flexibility index (Phi) is 4.51. The molecule has 58 valence electrons. The molecule has 0 heterocycles. The smallest absolute Gasteiger partial charge is 0.0690 e. The van der Waals surface area contributed by atoms with E-state index in [0.717, 1.165) is 0 Å². The van der Waals surface area contributed by atoms with E-state index in [-0.39, 0.29) is 18.4 Å². The lowest BCUT2D eigenvalue weighted by Gasteiger charge is -2.10. The second-order valence-electron chi connectivity index (χ2n) is 2.74. The first-order valence-corrected chi connectivity index (χ1v) is 3.56. The van der Waals surface area contributed by atoms with Gasteiger partial charge in [0.25, 0.3) is 0 Å². The first kappa shape index (κ1) is 9.81. The van der Waals surface area contributed by atoms with E-state index in [1.807, 2.05) is 0 Å². The molecule has 0 aliphatic heterocycles. The van der Waals surface area contributed by atoms with Crippen LogP contribution in [0.5, 0.6) is 0 Å². The van der Waals surface area contributed by atoms with Crippen LogP contribution in [0, 0.1) is 18.3 Å². The Hall–Kier alpha value is -0.190. The minimum Gasteiger partial charge on any atom is -0.317 e. The number of hydrogen-bond donors (Lipinski definition) is 1. The molecule has 1 aliphatic carbocycles. The molecule has 1 rings (SSSR count). The fourth-order valence-electron chi connectivity index (χ4n) is 1.45. The lowest BCUT2D eigenvalue weighted by atomic mass is 10.0. The van der Waals surface area contributed by atoms with Gasteiger partial charge >= 0.3 is 0 Å². The van der Waals surface area contributed by atoms with E-state index < -0.39 is 0 Å². The van der Waals surface area contributed by atoms with Gasteiger partial charge < -0.3 is 5.73 Å². The molecule has 1 unspecified atom stereocenters. The quantitative estimate of drug-likeness (QED) is 0.578. The lowest BCUT2D eigenvalue weighted by molar-refractivity contribution is 0.501. The fourth-order valence-corrected chi connectivity index (χ4v) is 1.45. The number of hydrogen-bond acceptors (Lipinski definition) is 1. The lowest BCUT2D eigenvalue weighted by Crippen LogP contribution is -2.25. The Morgan fingerprint density at radius 1 is 1.40 bits per heavy atom. The monoisotopic (exact) mass is 159 g/mol. The van der Waals surface area contributed by atoms with Crippen molar-refractivity contribution in [3.63, 3.8) is 0 Å². The summed E-state index contributed by atoms with van der Waals surface area (Å²) >= 11 is 0. The minimum absolute atomic E-state index is 0. The second-order valence-corrected chi connectivity index (χ2v) is 2.74. The minimum atomic E-state index is 0. The molecule has 1 saturated carbocycles. The van der Waals surface area contributed by atoms with Crippen LogP contribution < -0.4 is 5.73 Å². The van der Waals surface area contributed by atoms with Gasteiger partial charge in [0.2, 0.25) is 0 Å². The maximum atomic E-state index is 5.64. The summed E-state index contributed by atoms with van der Waals surface area (Å²) in [6, 6.07) is 0.0208. The third-order valence-electron chi connectivity index (χ3n) is 2.10. The summed E-state index contributed by atoms with van der Waals surface area (Å²) in [6.07, 6.45) is 10.3. The van der Waals surface area contributed by atoms with Gasteiger partial charge in [-0.3, -0.25) is 0 Å². The molecule has 1 aliphatic rings. The van der Waals surface area contributed by atoms with Gasteiger partial charge in [0.15, 0.2) is 0 Å². The van der Waals surface area contributed by atoms with Crippen LogP contribution in [0.1, 0.15) is 25.7 Å². The molecule has 0 bridgehead atoms. The zero-order valence-electron chi connectivity index (χ0n) is 6.05. The van der Waals surface area contributed by atoms with E-state index >= 15 is 0 Å². The van der Waals surface area contributed by atoms with Crippen LogP contribution >= 0.6 is 12.4 Å². The zero-order valence-corrected chi connectivity index (χ0v) is 6.86. The Balaban J connectivity index is 0.000000810. The standard InChI is InChI=1S/C8H13N.ClH/c1-2-8(9)7-5-3-4-6-7;/h1,7-8H,3-6,9H2;1H. The van der Waals surface area contributed by atoms with Crippen LogP contribution in [0.2, 0.25) is 0 Å². The molecule has 0 saturated heterocycles. The predicted octanol–water partition coefficient (Wildman–Crippen LogP) is 1.56. The summed E-state index contributed by atoms with van der Waals surface area (Å²) in [7, 11) is 0. The second kappa shape index (κ2) is 4.60. The predicted molar refractivity (Wildman–Crippen MR) is 46.0 cm³/mol. The highest BCUT2D eigenvalue weighted by atomic mass is 35.5. The Morgan fingerprint density at radius 3 is 2.30 bits per heavy atom. The molecule has 0 amide bonds. The van der Waals surface area contributed by atoms with Crippen molar-refractivity contribution in [1.82, 2.24) is 0 Å². The molecule has 1 fully saturated rings. The fraction of sp³-hybridized carbons (Fsp3) is 0.750. The topological polar surface area (TPSA) is 26.0 Å². The maximum Gasteiger partial charge on any atom is 0.0690 e. The molecule has 2 N–H and O–H groups in total. The van der Waals surface area contributed by atoms with Gasteiger partial charge in [0.1, 0.15) is 0 Å². The van der Waals surface area contributed by atoms with Gasteiger partial charge in [-0.25, -0.2) is 0 Å². The first-order valence-electron chi connectivity index (χ1n) is 3.56. The van der Waals surface area contributed by atoms with Crippen molar-refractivity contribution >= 4 is 12.4 Å². The molecule has 0 aromatic heterocycles. The molecule has 2 heteroatoms. The van der Waals surface area contributed by atoms with E-state index in [1.165, 1.54) is 25.7 Å². The van der Waals surface area contributed by atoms with E-state index in [1.54, 1.807) is 0 Å². The van der Waals surface area contributed by atoms with Crippen molar-refractivity contribution in [3.8, 4) is 12.3 Å². The summed E-state index contributed by atoms with van der Waals surface area (Å²) < 4.78 is 0. The van der Waals surface area contributed by atoms with Crippen LogP contribution in [0.15, 0.2) is 0 Å². The molecule has 0 aromatic carbocycles. The van der Waals surface area contributed by atoms with E-state index in [9.17, 15) is 0 Å².